The smallest absolute Gasteiger partial charge is 0.264 e. The molecule has 0 aliphatic heterocycles. The summed E-state index contributed by atoms with van der Waals surface area (Å²) in [7, 11) is -1.20. The number of hydrogen-bond donors (Lipinski definition) is 1. The van der Waals surface area contributed by atoms with Crippen LogP contribution in [0.2, 0.25) is 0 Å². The normalized spacial score (nSPS) is 11.9. The van der Waals surface area contributed by atoms with E-state index in [4.69, 9.17) is 4.74 Å². The summed E-state index contributed by atoms with van der Waals surface area (Å²) in [4.78, 5) is 27.8. The maximum absolute atomic E-state index is 13.8. The molecule has 3 aromatic rings. The van der Waals surface area contributed by atoms with Gasteiger partial charge >= 0.3 is 0 Å². The van der Waals surface area contributed by atoms with Gasteiger partial charge in [0.05, 0.1) is 17.7 Å². The molecule has 37 heavy (non-hydrogen) atoms. The Morgan fingerprint density at radius 2 is 1.59 bits per heavy atom. The molecule has 0 saturated carbocycles. The van der Waals surface area contributed by atoms with Crippen LogP contribution in [0.4, 0.5) is 5.69 Å². The Kier molecular flexibility index (Phi) is 9.30. The number of hydrogen-bond acceptors (Lipinski definition) is 5. The molecule has 0 radical (unpaired) electrons. The van der Waals surface area contributed by atoms with Crippen molar-refractivity contribution in [2.75, 3.05) is 31.6 Å². The third-order valence-corrected chi connectivity index (χ3v) is 7.88. The highest BCUT2D eigenvalue weighted by Gasteiger charge is 2.33. The molecule has 0 aliphatic carbocycles. The molecule has 8 nitrogen and oxygen atoms in total. The van der Waals surface area contributed by atoms with E-state index >= 15 is 0 Å². The van der Waals surface area contributed by atoms with Crippen LogP contribution in [0.1, 0.15) is 18.1 Å². The summed E-state index contributed by atoms with van der Waals surface area (Å²) in [6, 6.07) is 21.9. The summed E-state index contributed by atoms with van der Waals surface area (Å²) in [6.07, 6.45) is 0.507. The van der Waals surface area contributed by atoms with E-state index in [1.807, 2.05) is 37.3 Å². The van der Waals surface area contributed by atoms with Gasteiger partial charge in [0.25, 0.3) is 10.0 Å². The summed E-state index contributed by atoms with van der Waals surface area (Å²) < 4.78 is 34.2. The molecule has 0 unspecified atom stereocenters. The van der Waals surface area contributed by atoms with Gasteiger partial charge in [-0.3, -0.25) is 13.9 Å². The van der Waals surface area contributed by atoms with E-state index in [9.17, 15) is 18.0 Å². The Bertz CT molecular complexity index is 1310. The second-order valence-corrected chi connectivity index (χ2v) is 10.5. The van der Waals surface area contributed by atoms with Gasteiger partial charge in [-0.2, -0.15) is 0 Å². The Hall–Kier alpha value is -3.85. The lowest BCUT2D eigenvalue weighted by Crippen LogP contribution is -2.51. The van der Waals surface area contributed by atoms with Gasteiger partial charge in [0.2, 0.25) is 11.8 Å². The van der Waals surface area contributed by atoms with E-state index in [2.05, 4.69) is 5.32 Å². The van der Waals surface area contributed by atoms with Crippen LogP contribution < -0.4 is 14.4 Å². The van der Waals surface area contributed by atoms with E-state index in [1.54, 1.807) is 43.3 Å². The number of amides is 2. The van der Waals surface area contributed by atoms with Crippen molar-refractivity contribution in [2.24, 2.45) is 0 Å². The number of anilines is 1. The van der Waals surface area contributed by atoms with E-state index in [1.165, 1.54) is 31.2 Å². The molecule has 0 saturated heterocycles. The van der Waals surface area contributed by atoms with Gasteiger partial charge in [0.1, 0.15) is 18.3 Å². The molecule has 0 aliphatic rings. The van der Waals surface area contributed by atoms with Crippen molar-refractivity contribution in [3.05, 3.63) is 90.0 Å². The highest BCUT2D eigenvalue weighted by atomic mass is 32.2. The van der Waals surface area contributed by atoms with Gasteiger partial charge in [0.15, 0.2) is 0 Å². The second-order valence-electron chi connectivity index (χ2n) is 8.61. The van der Waals surface area contributed by atoms with Crippen LogP contribution in [0.15, 0.2) is 83.8 Å². The molecule has 9 heteroatoms. The fourth-order valence-electron chi connectivity index (χ4n) is 4.01. The van der Waals surface area contributed by atoms with Crippen LogP contribution in [0.3, 0.4) is 0 Å². The number of likely N-dealkylation sites (N-methyl/N-ethyl adjacent to an activating group) is 1. The zero-order valence-corrected chi connectivity index (χ0v) is 22.4. The molecule has 3 aromatic carbocycles. The van der Waals surface area contributed by atoms with E-state index < -0.39 is 28.5 Å². The number of nitrogens with zero attached hydrogens (tertiary/aromatic N) is 2. The number of aryl methyl sites for hydroxylation is 1. The minimum absolute atomic E-state index is 0.0431. The number of rotatable bonds is 11. The van der Waals surface area contributed by atoms with E-state index in [0.29, 0.717) is 12.2 Å². The molecule has 2 amide bonds. The largest absolute Gasteiger partial charge is 0.495 e. The van der Waals surface area contributed by atoms with Crippen molar-refractivity contribution >= 4 is 27.5 Å². The van der Waals surface area contributed by atoms with Crippen LogP contribution in [-0.2, 0) is 26.0 Å². The van der Waals surface area contributed by atoms with Crippen molar-refractivity contribution in [1.82, 2.24) is 10.2 Å². The van der Waals surface area contributed by atoms with Crippen LogP contribution in [0, 0.1) is 6.92 Å². The van der Waals surface area contributed by atoms with Crippen LogP contribution >= 0.6 is 0 Å². The quantitative estimate of drug-likeness (QED) is 0.416. The van der Waals surface area contributed by atoms with Gasteiger partial charge in [-0.1, -0.05) is 54.6 Å². The zero-order chi connectivity index (χ0) is 27.0. The lowest BCUT2D eigenvalue weighted by Gasteiger charge is -2.32. The topological polar surface area (TPSA) is 96.0 Å². The predicted octanol–water partition coefficient (Wildman–Crippen LogP) is 3.40. The molecule has 1 atom stereocenters. The molecule has 1 N–H and O–H groups in total. The van der Waals surface area contributed by atoms with Crippen LogP contribution in [0.5, 0.6) is 5.75 Å². The van der Waals surface area contributed by atoms with Gasteiger partial charge in [-0.15, -0.1) is 0 Å². The van der Waals surface area contributed by atoms with Crippen molar-refractivity contribution in [3.63, 3.8) is 0 Å². The number of carbonyl (C=O) groups is 2. The summed E-state index contributed by atoms with van der Waals surface area (Å²) in [5, 5.41) is 2.58. The summed E-state index contributed by atoms with van der Waals surface area (Å²) in [6.45, 7) is 3.19. The molecule has 0 fully saturated rings. The fourth-order valence-corrected chi connectivity index (χ4v) is 5.44. The van der Waals surface area contributed by atoms with E-state index in [0.717, 1.165) is 15.4 Å². The molecule has 0 bridgehead atoms. The number of methoxy groups -OCH3 is 1. The molecule has 196 valence electrons. The maximum Gasteiger partial charge on any atom is 0.264 e. The monoisotopic (exact) mass is 523 g/mol. The molecule has 3 rings (SSSR count). The van der Waals surface area contributed by atoms with Gasteiger partial charge in [-0.05, 0) is 55.7 Å². The van der Waals surface area contributed by atoms with Gasteiger partial charge < -0.3 is 15.0 Å². The maximum atomic E-state index is 13.8. The average Bonchev–Trinajstić information content (AvgIpc) is 2.92. The van der Waals surface area contributed by atoms with E-state index in [-0.39, 0.29) is 23.0 Å². The first kappa shape index (κ1) is 27.7. The first-order valence-electron chi connectivity index (χ1n) is 12.0. The van der Waals surface area contributed by atoms with Crippen molar-refractivity contribution in [2.45, 2.75) is 31.2 Å². The number of carbonyl (C=O) groups excluding carboxylic acids is 2. The highest BCUT2D eigenvalue weighted by molar-refractivity contribution is 7.92. The summed E-state index contributed by atoms with van der Waals surface area (Å²) in [5.41, 5.74) is 2.05. The third-order valence-electron chi connectivity index (χ3n) is 6.11. The fraction of sp³-hybridized carbons (Fsp3) is 0.286. The molecular weight excluding hydrogens is 490 g/mol. The first-order chi connectivity index (χ1) is 17.7. The summed E-state index contributed by atoms with van der Waals surface area (Å²) in [5.74, 6) is -0.532. The average molecular weight is 524 g/mol. The van der Waals surface area contributed by atoms with Crippen LogP contribution in [0.25, 0.3) is 0 Å². The Morgan fingerprint density at radius 3 is 2.19 bits per heavy atom. The van der Waals surface area contributed by atoms with Crippen LogP contribution in [-0.4, -0.2) is 58.4 Å². The Balaban J connectivity index is 2.03. The molecule has 0 spiro atoms. The Labute approximate surface area is 218 Å². The van der Waals surface area contributed by atoms with Crippen molar-refractivity contribution in [1.29, 1.82) is 0 Å². The second kappa shape index (κ2) is 12.4. The molecule has 0 heterocycles. The minimum atomic E-state index is -4.15. The predicted molar refractivity (Wildman–Crippen MR) is 144 cm³/mol. The molecule has 0 aromatic heterocycles. The number of ether oxygens (including phenoxy) is 1. The number of sulfonamides is 1. The first-order valence-corrected chi connectivity index (χ1v) is 13.4. The standard InChI is InChI=1S/C28H33N3O5S/c1-21-15-16-26(36-4)25(19-21)31(37(34,35)24-13-9-6-10-14-24)20-27(32)30(22(2)28(33)29-3)18-17-23-11-7-5-8-12-23/h5-16,19,22H,17-18,20H2,1-4H3,(H,29,33)/t22-/m0/s1. The minimum Gasteiger partial charge on any atom is -0.495 e. The highest BCUT2D eigenvalue weighted by Crippen LogP contribution is 2.33. The lowest BCUT2D eigenvalue weighted by atomic mass is 10.1. The SMILES string of the molecule is CNC(=O)[C@H](C)N(CCc1ccccc1)C(=O)CN(c1cc(C)ccc1OC)S(=O)(=O)c1ccccc1. The third kappa shape index (κ3) is 6.68. The van der Waals surface area contributed by atoms with Gasteiger partial charge in [-0.25, -0.2) is 8.42 Å². The van der Waals surface area contributed by atoms with Crippen molar-refractivity contribution in [3.8, 4) is 5.75 Å². The lowest BCUT2D eigenvalue weighted by molar-refractivity contribution is -0.138. The molecular formula is C28H33N3O5S. The number of nitrogens with one attached hydrogen (secondary N) is 1. The van der Waals surface area contributed by atoms with Gasteiger partial charge in [0, 0.05) is 13.6 Å². The Morgan fingerprint density at radius 1 is 0.973 bits per heavy atom. The summed E-state index contributed by atoms with van der Waals surface area (Å²) >= 11 is 0. The zero-order valence-electron chi connectivity index (χ0n) is 21.5. The van der Waals surface area contributed by atoms with Crippen molar-refractivity contribution < 1.29 is 22.7 Å². The number of benzene rings is 3.